The monoisotopic (exact) mass is 129 g/mol. The number of carbonyl (C=O) groups excluding carboxylic acids is 1. The summed E-state index contributed by atoms with van der Waals surface area (Å²) in [6, 6.07) is 0. The zero-order valence-electron chi connectivity index (χ0n) is 5.38. The maximum absolute atomic E-state index is 9.88. The molecule has 0 amide bonds. The summed E-state index contributed by atoms with van der Waals surface area (Å²) in [4.78, 5) is 15.0. The van der Waals surface area contributed by atoms with E-state index in [0.29, 0.717) is 6.42 Å². The second-order valence-corrected chi connectivity index (χ2v) is 2.07. The number of hydrogen-bond donors (Lipinski definition) is 0. The van der Waals surface area contributed by atoms with Crippen LogP contribution in [0, 0.1) is 0 Å². The van der Waals surface area contributed by atoms with Crippen molar-refractivity contribution in [3.63, 3.8) is 0 Å². The minimum atomic E-state index is 0.583. The van der Waals surface area contributed by atoms with Crippen LogP contribution in [0.2, 0.25) is 0 Å². The van der Waals surface area contributed by atoms with Gasteiger partial charge in [0.25, 0.3) is 0 Å². The van der Waals surface area contributed by atoms with E-state index in [-0.39, 0.29) is 0 Å². The maximum Gasteiger partial charge on any atom is 0.121 e. The van der Waals surface area contributed by atoms with E-state index in [4.69, 9.17) is 4.84 Å². The van der Waals surface area contributed by atoms with Crippen LogP contribution < -0.4 is 0 Å². The van der Waals surface area contributed by atoms with Crippen molar-refractivity contribution in [1.82, 2.24) is 5.06 Å². The molecule has 0 spiro atoms. The normalized spacial score (nSPS) is 20.4. The second-order valence-electron chi connectivity index (χ2n) is 2.07. The number of hydrogen-bond acceptors (Lipinski definition) is 3. The van der Waals surface area contributed by atoms with Gasteiger partial charge in [-0.3, -0.25) is 4.84 Å². The van der Waals surface area contributed by atoms with Crippen molar-refractivity contribution in [2.75, 3.05) is 19.7 Å². The van der Waals surface area contributed by atoms with Crippen molar-refractivity contribution >= 4 is 6.29 Å². The first-order valence-electron chi connectivity index (χ1n) is 3.25. The molecular weight excluding hydrogens is 118 g/mol. The summed E-state index contributed by atoms with van der Waals surface area (Å²) in [6.45, 7) is 2.55. The molecule has 1 heterocycles. The van der Waals surface area contributed by atoms with Gasteiger partial charge in [-0.15, -0.1) is 0 Å². The molecule has 0 aromatic rings. The molecule has 0 bridgehead atoms. The van der Waals surface area contributed by atoms with Crippen LogP contribution in [-0.4, -0.2) is 31.0 Å². The Kier molecular flexibility index (Phi) is 2.67. The Bertz CT molecular complexity index is 89.1. The van der Waals surface area contributed by atoms with E-state index < -0.39 is 0 Å². The highest BCUT2D eigenvalue weighted by Crippen LogP contribution is 2.02. The Morgan fingerprint density at radius 3 is 3.11 bits per heavy atom. The molecule has 1 saturated heterocycles. The Balaban J connectivity index is 2.04. The lowest BCUT2D eigenvalue weighted by Gasteiger charge is -2.09. The lowest BCUT2D eigenvalue weighted by Crippen LogP contribution is -2.19. The van der Waals surface area contributed by atoms with Gasteiger partial charge in [-0.05, 0) is 6.42 Å². The Labute approximate surface area is 54.5 Å². The quantitative estimate of drug-likeness (QED) is 0.510. The highest BCUT2D eigenvalue weighted by atomic mass is 16.7. The van der Waals surface area contributed by atoms with E-state index >= 15 is 0 Å². The van der Waals surface area contributed by atoms with Crippen LogP contribution in [0.5, 0.6) is 0 Å². The minimum Gasteiger partial charge on any atom is -0.303 e. The molecule has 0 aliphatic carbocycles. The molecule has 3 heteroatoms. The fraction of sp³-hybridized carbons (Fsp3) is 0.833. The minimum absolute atomic E-state index is 0.583. The van der Waals surface area contributed by atoms with Crippen LogP contribution >= 0.6 is 0 Å². The first-order valence-corrected chi connectivity index (χ1v) is 3.25. The van der Waals surface area contributed by atoms with Crippen LogP contribution in [-0.2, 0) is 9.63 Å². The maximum atomic E-state index is 9.88. The molecule has 0 aromatic carbocycles. The van der Waals surface area contributed by atoms with Gasteiger partial charge in [0.05, 0.1) is 6.61 Å². The fourth-order valence-electron chi connectivity index (χ4n) is 0.872. The molecule has 1 rings (SSSR count). The van der Waals surface area contributed by atoms with E-state index in [9.17, 15) is 4.79 Å². The number of carbonyl (C=O) groups is 1. The average Bonchev–Trinajstić information content (AvgIpc) is 2.34. The van der Waals surface area contributed by atoms with Gasteiger partial charge in [-0.25, -0.2) is 0 Å². The SMILES string of the molecule is O=CCCN1CCCO1. The smallest absolute Gasteiger partial charge is 0.121 e. The molecule has 0 aromatic heterocycles. The summed E-state index contributed by atoms with van der Waals surface area (Å²) < 4.78 is 0. The van der Waals surface area contributed by atoms with Gasteiger partial charge in [-0.1, -0.05) is 0 Å². The van der Waals surface area contributed by atoms with Crippen molar-refractivity contribution < 1.29 is 9.63 Å². The van der Waals surface area contributed by atoms with Gasteiger partial charge in [0.1, 0.15) is 6.29 Å². The summed E-state index contributed by atoms with van der Waals surface area (Å²) in [6.07, 6.45) is 2.60. The van der Waals surface area contributed by atoms with Crippen LogP contribution in [0.25, 0.3) is 0 Å². The Morgan fingerprint density at radius 1 is 1.67 bits per heavy atom. The Morgan fingerprint density at radius 2 is 2.56 bits per heavy atom. The fourth-order valence-corrected chi connectivity index (χ4v) is 0.872. The van der Waals surface area contributed by atoms with E-state index in [1.807, 2.05) is 5.06 Å². The average molecular weight is 129 g/mol. The predicted octanol–water partition coefficient (Wildman–Crippen LogP) is 0.213. The molecule has 0 saturated carbocycles. The van der Waals surface area contributed by atoms with Crippen LogP contribution in [0.4, 0.5) is 0 Å². The molecule has 52 valence electrons. The van der Waals surface area contributed by atoms with Crippen LogP contribution in [0.15, 0.2) is 0 Å². The zero-order chi connectivity index (χ0) is 6.53. The third-order valence-corrected chi connectivity index (χ3v) is 1.32. The van der Waals surface area contributed by atoms with Crippen LogP contribution in [0.3, 0.4) is 0 Å². The van der Waals surface area contributed by atoms with Crippen molar-refractivity contribution in [1.29, 1.82) is 0 Å². The van der Waals surface area contributed by atoms with Gasteiger partial charge in [-0.2, -0.15) is 5.06 Å². The standard InChI is InChI=1S/C6H11NO2/c8-5-1-3-7-4-2-6-9-7/h5H,1-4,6H2. The van der Waals surface area contributed by atoms with Gasteiger partial charge in [0, 0.05) is 19.5 Å². The molecule has 0 unspecified atom stereocenters. The topological polar surface area (TPSA) is 29.5 Å². The summed E-state index contributed by atoms with van der Waals surface area (Å²) in [5.74, 6) is 0. The van der Waals surface area contributed by atoms with Crippen molar-refractivity contribution in [3.8, 4) is 0 Å². The number of aldehydes is 1. The predicted molar refractivity (Wildman–Crippen MR) is 32.8 cm³/mol. The molecule has 0 N–H and O–H groups in total. The molecule has 0 radical (unpaired) electrons. The van der Waals surface area contributed by atoms with Crippen molar-refractivity contribution in [3.05, 3.63) is 0 Å². The summed E-state index contributed by atoms with van der Waals surface area (Å²) in [7, 11) is 0. The zero-order valence-corrected chi connectivity index (χ0v) is 5.38. The molecule has 9 heavy (non-hydrogen) atoms. The lowest BCUT2D eigenvalue weighted by molar-refractivity contribution is -0.120. The summed E-state index contributed by atoms with van der Waals surface area (Å²) >= 11 is 0. The summed E-state index contributed by atoms with van der Waals surface area (Å²) in [5, 5.41) is 1.84. The number of rotatable bonds is 3. The molecular formula is C6H11NO2. The largest absolute Gasteiger partial charge is 0.303 e. The van der Waals surface area contributed by atoms with Crippen molar-refractivity contribution in [2.24, 2.45) is 0 Å². The molecule has 1 aliphatic heterocycles. The molecule has 3 nitrogen and oxygen atoms in total. The highest BCUT2D eigenvalue weighted by molar-refractivity contribution is 5.49. The number of hydroxylamine groups is 2. The van der Waals surface area contributed by atoms with Gasteiger partial charge in [0.2, 0.25) is 0 Å². The van der Waals surface area contributed by atoms with E-state index in [2.05, 4.69) is 0 Å². The Hall–Kier alpha value is -0.410. The van der Waals surface area contributed by atoms with Gasteiger partial charge < -0.3 is 4.79 Å². The molecule has 1 aliphatic rings. The van der Waals surface area contributed by atoms with E-state index in [1.165, 1.54) is 0 Å². The van der Waals surface area contributed by atoms with Crippen LogP contribution in [0.1, 0.15) is 12.8 Å². The number of nitrogens with zero attached hydrogens (tertiary/aromatic N) is 1. The molecule has 0 atom stereocenters. The van der Waals surface area contributed by atoms with E-state index in [1.54, 1.807) is 0 Å². The van der Waals surface area contributed by atoms with Gasteiger partial charge in [0.15, 0.2) is 0 Å². The van der Waals surface area contributed by atoms with E-state index in [0.717, 1.165) is 32.4 Å². The summed E-state index contributed by atoms with van der Waals surface area (Å²) in [5.41, 5.74) is 0. The second kappa shape index (κ2) is 3.58. The highest BCUT2D eigenvalue weighted by Gasteiger charge is 2.10. The first-order chi connectivity index (χ1) is 4.43. The van der Waals surface area contributed by atoms with Crippen molar-refractivity contribution in [2.45, 2.75) is 12.8 Å². The molecule has 1 fully saturated rings. The third kappa shape index (κ3) is 2.11. The first kappa shape index (κ1) is 6.71. The third-order valence-electron chi connectivity index (χ3n) is 1.32. The van der Waals surface area contributed by atoms with Gasteiger partial charge >= 0.3 is 0 Å². The lowest BCUT2D eigenvalue weighted by atomic mass is 10.4.